The van der Waals surface area contributed by atoms with E-state index in [0.29, 0.717) is 24.6 Å². The second-order valence-electron chi connectivity index (χ2n) is 6.51. The van der Waals surface area contributed by atoms with E-state index in [1.54, 1.807) is 13.3 Å². The van der Waals surface area contributed by atoms with Gasteiger partial charge in [-0.3, -0.25) is 4.79 Å². The number of likely N-dealkylation sites (tertiary alicyclic amines) is 1. The molecule has 0 saturated carbocycles. The van der Waals surface area contributed by atoms with Crippen molar-refractivity contribution in [2.24, 2.45) is 5.92 Å². The lowest BCUT2D eigenvalue weighted by atomic mass is 9.98. The molecule has 1 fully saturated rings. The summed E-state index contributed by atoms with van der Waals surface area (Å²) in [6.45, 7) is 4.75. The molecule has 2 aromatic rings. The number of nitrogens with zero attached hydrogens (tertiary/aromatic N) is 2. The Kier molecular flexibility index (Phi) is 5.71. The maximum absolute atomic E-state index is 12.7. The first-order chi connectivity index (χ1) is 12.2. The fraction of sp³-hybridized carbons (Fsp3) is 0.474. The Morgan fingerprint density at radius 3 is 2.96 bits per heavy atom. The van der Waals surface area contributed by atoms with Gasteiger partial charge in [-0.25, -0.2) is 4.98 Å². The van der Waals surface area contributed by atoms with Gasteiger partial charge >= 0.3 is 0 Å². The van der Waals surface area contributed by atoms with Crippen LogP contribution >= 0.6 is 0 Å². The minimum Gasteiger partial charge on any atom is -0.465 e. The van der Waals surface area contributed by atoms with Gasteiger partial charge in [0, 0.05) is 26.4 Å². The van der Waals surface area contributed by atoms with E-state index < -0.39 is 0 Å². The molecule has 2 aromatic heterocycles. The zero-order valence-corrected chi connectivity index (χ0v) is 14.8. The van der Waals surface area contributed by atoms with E-state index >= 15 is 0 Å². The first-order valence-corrected chi connectivity index (χ1v) is 8.69. The molecule has 134 valence electrons. The highest BCUT2D eigenvalue weighted by Crippen LogP contribution is 2.19. The molecule has 0 bridgehead atoms. The minimum absolute atomic E-state index is 0.0431. The van der Waals surface area contributed by atoms with Gasteiger partial charge in [-0.1, -0.05) is 0 Å². The molecule has 25 heavy (non-hydrogen) atoms. The van der Waals surface area contributed by atoms with Crippen molar-refractivity contribution in [3.05, 3.63) is 47.5 Å². The normalized spacial score (nSPS) is 17.5. The van der Waals surface area contributed by atoms with E-state index in [-0.39, 0.29) is 5.91 Å². The summed E-state index contributed by atoms with van der Waals surface area (Å²) < 4.78 is 10.7. The van der Waals surface area contributed by atoms with Gasteiger partial charge in [-0.2, -0.15) is 0 Å². The van der Waals surface area contributed by atoms with Gasteiger partial charge in [-0.05, 0) is 49.9 Å². The molecule has 1 saturated heterocycles. The number of pyridine rings is 1. The van der Waals surface area contributed by atoms with Crippen molar-refractivity contribution in [2.45, 2.75) is 26.3 Å². The number of carbonyl (C=O) groups is 1. The van der Waals surface area contributed by atoms with Crippen molar-refractivity contribution in [3.8, 4) is 0 Å². The van der Waals surface area contributed by atoms with E-state index in [2.05, 4.69) is 10.3 Å². The minimum atomic E-state index is 0.0431. The Labute approximate surface area is 148 Å². The third kappa shape index (κ3) is 4.60. The molecule has 3 rings (SSSR count). The largest absolute Gasteiger partial charge is 0.465 e. The van der Waals surface area contributed by atoms with Crippen molar-refractivity contribution < 1.29 is 13.9 Å². The molecule has 1 aliphatic rings. The molecule has 6 heteroatoms. The molecule has 6 nitrogen and oxygen atoms in total. The summed E-state index contributed by atoms with van der Waals surface area (Å²) in [5.41, 5.74) is 0.623. The molecular formula is C19H25N3O3. The summed E-state index contributed by atoms with van der Waals surface area (Å²) in [6.07, 6.45) is 3.78. The Bertz CT molecular complexity index is 694. The van der Waals surface area contributed by atoms with Crippen LogP contribution in [0.5, 0.6) is 0 Å². The standard InChI is InChI=1S/C19H25N3O3/c1-14-5-7-17(25-14)11-21-18-8-6-16(10-20-18)19(23)22-9-3-4-15(12-22)13-24-2/h5-8,10,15H,3-4,9,11-13H2,1-2H3,(H,20,21). The second kappa shape index (κ2) is 8.16. The Balaban J connectivity index is 1.56. The second-order valence-corrected chi connectivity index (χ2v) is 6.51. The fourth-order valence-corrected chi connectivity index (χ4v) is 3.19. The van der Waals surface area contributed by atoms with E-state index in [1.165, 1.54) is 0 Å². The van der Waals surface area contributed by atoms with Crippen molar-refractivity contribution in [2.75, 3.05) is 32.1 Å². The van der Waals surface area contributed by atoms with Gasteiger partial charge in [0.15, 0.2) is 0 Å². The number of amides is 1. The van der Waals surface area contributed by atoms with Crippen LogP contribution in [0.25, 0.3) is 0 Å². The fourth-order valence-electron chi connectivity index (χ4n) is 3.19. The Morgan fingerprint density at radius 2 is 2.28 bits per heavy atom. The quantitative estimate of drug-likeness (QED) is 0.873. The Morgan fingerprint density at radius 1 is 1.40 bits per heavy atom. The lowest BCUT2D eigenvalue weighted by Crippen LogP contribution is -2.41. The van der Waals surface area contributed by atoms with Gasteiger partial charge in [0.2, 0.25) is 0 Å². The first-order valence-electron chi connectivity index (χ1n) is 8.69. The summed E-state index contributed by atoms with van der Waals surface area (Å²) >= 11 is 0. The number of hydrogen-bond acceptors (Lipinski definition) is 5. The third-order valence-corrected chi connectivity index (χ3v) is 4.46. The van der Waals surface area contributed by atoms with Crippen molar-refractivity contribution in [3.63, 3.8) is 0 Å². The molecule has 3 heterocycles. The monoisotopic (exact) mass is 343 g/mol. The van der Waals surface area contributed by atoms with Crippen LogP contribution in [-0.2, 0) is 11.3 Å². The number of aromatic nitrogens is 1. The zero-order chi connectivity index (χ0) is 17.6. The summed E-state index contributed by atoms with van der Waals surface area (Å²) in [5.74, 6) is 2.94. The SMILES string of the molecule is COCC1CCCN(C(=O)c2ccc(NCc3ccc(C)o3)nc2)C1. The van der Waals surface area contributed by atoms with E-state index in [0.717, 1.165) is 43.3 Å². The number of hydrogen-bond donors (Lipinski definition) is 1. The topological polar surface area (TPSA) is 67.6 Å². The lowest BCUT2D eigenvalue weighted by Gasteiger charge is -2.32. The number of methoxy groups -OCH3 is 1. The van der Waals surface area contributed by atoms with Crippen molar-refractivity contribution in [1.82, 2.24) is 9.88 Å². The number of anilines is 1. The number of furan rings is 1. The van der Waals surface area contributed by atoms with Crippen LogP contribution in [0.1, 0.15) is 34.7 Å². The number of piperidine rings is 1. The van der Waals surface area contributed by atoms with Gasteiger partial charge in [-0.15, -0.1) is 0 Å². The van der Waals surface area contributed by atoms with Gasteiger partial charge in [0.05, 0.1) is 18.7 Å². The molecule has 0 radical (unpaired) electrons. The van der Waals surface area contributed by atoms with E-state index in [1.807, 2.05) is 36.1 Å². The molecule has 0 aromatic carbocycles. The Hall–Kier alpha value is -2.34. The average Bonchev–Trinajstić information content (AvgIpc) is 3.06. The first kappa shape index (κ1) is 17.5. The zero-order valence-electron chi connectivity index (χ0n) is 14.8. The summed E-state index contributed by atoms with van der Waals surface area (Å²) in [7, 11) is 1.71. The van der Waals surface area contributed by atoms with Gasteiger partial charge < -0.3 is 19.4 Å². The van der Waals surface area contributed by atoms with Crippen molar-refractivity contribution >= 4 is 11.7 Å². The lowest BCUT2D eigenvalue weighted by molar-refractivity contribution is 0.0570. The summed E-state index contributed by atoms with van der Waals surface area (Å²) in [6, 6.07) is 7.53. The number of rotatable bonds is 6. The predicted octanol–water partition coefficient (Wildman–Crippen LogP) is 3.09. The maximum atomic E-state index is 12.7. The van der Waals surface area contributed by atoms with Crippen LogP contribution in [0.4, 0.5) is 5.82 Å². The molecule has 1 aliphatic heterocycles. The molecular weight excluding hydrogens is 318 g/mol. The van der Waals surface area contributed by atoms with Crippen LogP contribution in [0, 0.1) is 12.8 Å². The molecule has 1 amide bonds. The summed E-state index contributed by atoms with van der Waals surface area (Å²) in [5, 5.41) is 3.20. The molecule has 0 spiro atoms. The van der Waals surface area contributed by atoms with Gasteiger partial charge in [0.25, 0.3) is 5.91 Å². The third-order valence-electron chi connectivity index (χ3n) is 4.46. The highest BCUT2D eigenvalue weighted by Gasteiger charge is 2.24. The molecule has 1 atom stereocenters. The van der Waals surface area contributed by atoms with Crippen LogP contribution in [-0.4, -0.2) is 42.6 Å². The predicted molar refractivity (Wildman–Crippen MR) is 95.5 cm³/mol. The number of ether oxygens (including phenoxy) is 1. The maximum Gasteiger partial charge on any atom is 0.255 e. The average molecular weight is 343 g/mol. The van der Waals surface area contributed by atoms with Crippen LogP contribution in [0.2, 0.25) is 0 Å². The molecule has 0 aliphatic carbocycles. The van der Waals surface area contributed by atoms with E-state index in [9.17, 15) is 4.79 Å². The highest BCUT2D eigenvalue weighted by atomic mass is 16.5. The highest BCUT2D eigenvalue weighted by molar-refractivity contribution is 5.94. The van der Waals surface area contributed by atoms with Crippen LogP contribution in [0.3, 0.4) is 0 Å². The molecule has 1 unspecified atom stereocenters. The van der Waals surface area contributed by atoms with Crippen LogP contribution in [0.15, 0.2) is 34.9 Å². The summed E-state index contributed by atoms with van der Waals surface area (Å²) in [4.78, 5) is 18.9. The number of carbonyl (C=O) groups excluding carboxylic acids is 1. The van der Waals surface area contributed by atoms with Crippen LogP contribution < -0.4 is 5.32 Å². The smallest absolute Gasteiger partial charge is 0.255 e. The number of aryl methyl sites for hydroxylation is 1. The molecule has 1 N–H and O–H groups in total. The number of nitrogens with one attached hydrogen (secondary N) is 1. The van der Waals surface area contributed by atoms with Gasteiger partial charge in [0.1, 0.15) is 17.3 Å². The van der Waals surface area contributed by atoms with Crippen molar-refractivity contribution in [1.29, 1.82) is 0 Å². The van der Waals surface area contributed by atoms with E-state index in [4.69, 9.17) is 9.15 Å².